The van der Waals surface area contributed by atoms with Crippen molar-refractivity contribution in [2.75, 3.05) is 0 Å². The Morgan fingerprint density at radius 3 is 2.33 bits per heavy atom. The summed E-state index contributed by atoms with van der Waals surface area (Å²) in [7, 11) is -4.46. The average Bonchev–Trinajstić information content (AvgIpc) is 2.99. The van der Waals surface area contributed by atoms with Crippen LogP contribution in [0.5, 0.6) is 0 Å². The number of oxazole rings is 1. The van der Waals surface area contributed by atoms with E-state index in [-0.39, 0.29) is 11.1 Å². The molecule has 122 valence electrons. The molecule has 2 aromatic carbocycles. The predicted molar refractivity (Wildman–Crippen MR) is 79.2 cm³/mol. The molecule has 0 unspecified atom stereocenters. The van der Waals surface area contributed by atoms with Crippen LogP contribution in [0.2, 0.25) is 0 Å². The summed E-state index contributed by atoms with van der Waals surface area (Å²) in [4.78, 5) is 23.0. The maximum absolute atomic E-state index is 12.6. The summed E-state index contributed by atoms with van der Waals surface area (Å²) in [5.74, 6) is 0. The normalized spacial score (nSPS) is 11.5. The van der Waals surface area contributed by atoms with Crippen LogP contribution in [0, 0.1) is 20.2 Å². The van der Waals surface area contributed by atoms with E-state index in [9.17, 15) is 28.6 Å². The lowest BCUT2D eigenvalue weighted by Gasteiger charge is -2.01. The van der Waals surface area contributed by atoms with Crippen molar-refractivity contribution in [3.05, 3.63) is 62.7 Å². The van der Waals surface area contributed by atoms with Gasteiger partial charge in [0.25, 0.3) is 21.2 Å². The van der Waals surface area contributed by atoms with Crippen molar-refractivity contribution in [2.24, 2.45) is 0 Å². The Kier molecular flexibility index (Phi) is 3.49. The van der Waals surface area contributed by atoms with Crippen LogP contribution in [0.3, 0.4) is 0 Å². The van der Waals surface area contributed by atoms with Crippen LogP contribution < -0.4 is 0 Å². The van der Waals surface area contributed by atoms with Gasteiger partial charge in [-0.1, -0.05) is 12.1 Å². The first kappa shape index (κ1) is 15.6. The molecule has 0 aliphatic carbocycles. The molecular weight excluding hydrogens is 342 g/mol. The van der Waals surface area contributed by atoms with E-state index in [1.807, 2.05) is 0 Å². The maximum atomic E-state index is 12.6. The molecule has 0 radical (unpaired) electrons. The van der Waals surface area contributed by atoms with Gasteiger partial charge in [0.05, 0.1) is 15.9 Å². The quantitative estimate of drug-likeness (QED) is 0.515. The molecule has 0 spiro atoms. The molecule has 11 heteroatoms. The van der Waals surface area contributed by atoms with E-state index in [0.717, 1.165) is 12.1 Å². The van der Waals surface area contributed by atoms with Gasteiger partial charge in [0.2, 0.25) is 0 Å². The molecule has 10 nitrogen and oxygen atoms in total. The average molecular weight is 349 g/mol. The molecule has 0 saturated carbocycles. The number of hydrogen-bond donors (Lipinski definition) is 0. The number of nitro benzene ring substituents is 2. The molecular formula is C13H7N3O7S. The Hall–Kier alpha value is -3.34. The molecule has 3 rings (SSSR count). The highest BCUT2D eigenvalue weighted by molar-refractivity contribution is 7.91. The number of rotatable bonds is 4. The number of para-hydroxylation sites is 2. The first-order valence-electron chi connectivity index (χ1n) is 6.34. The van der Waals surface area contributed by atoms with Gasteiger partial charge >= 0.3 is 5.22 Å². The summed E-state index contributed by atoms with van der Waals surface area (Å²) in [6, 6.07) is 8.47. The molecule has 1 aromatic heterocycles. The molecule has 0 aliphatic rings. The third-order valence-electron chi connectivity index (χ3n) is 3.14. The Morgan fingerprint density at radius 1 is 1.00 bits per heavy atom. The first-order valence-corrected chi connectivity index (χ1v) is 7.82. The van der Waals surface area contributed by atoms with Crippen molar-refractivity contribution in [1.29, 1.82) is 0 Å². The molecule has 0 aliphatic heterocycles. The van der Waals surface area contributed by atoms with Crippen molar-refractivity contribution in [1.82, 2.24) is 4.98 Å². The summed E-state index contributed by atoms with van der Waals surface area (Å²) in [5.41, 5.74) is -1.06. The van der Waals surface area contributed by atoms with Gasteiger partial charge in [-0.05, 0) is 18.2 Å². The Morgan fingerprint density at radius 2 is 1.71 bits per heavy atom. The number of nitrogens with zero attached hydrogens (tertiary/aromatic N) is 3. The first-order chi connectivity index (χ1) is 11.3. The van der Waals surface area contributed by atoms with Gasteiger partial charge in [0.1, 0.15) is 5.52 Å². The lowest BCUT2D eigenvalue weighted by molar-refractivity contribution is -0.396. The van der Waals surface area contributed by atoms with Crippen molar-refractivity contribution in [3.8, 4) is 0 Å². The molecule has 0 fully saturated rings. The zero-order valence-corrected chi connectivity index (χ0v) is 12.5. The summed E-state index contributed by atoms with van der Waals surface area (Å²) in [6.07, 6.45) is 0. The van der Waals surface area contributed by atoms with E-state index in [1.54, 1.807) is 12.1 Å². The van der Waals surface area contributed by atoms with Crippen LogP contribution in [0.4, 0.5) is 11.4 Å². The van der Waals surface area contributed by atoms with Crippen molar-refractivity contribution < 1.29 is 22.7 Å². The van der Waals surface area contributed by atoms with Gasteiger partial charge in [-0.25, -0.2) is 8.42 Å². The second-order valence-corrected chi connectivity index (χ2v) is 6.41. The summed E-state index contributed by atoms with van der Waals surface area (Å²) in [5, 5.41) is 21.1. The number of fused-ring (bicyclic) bond motifs is 1. The molecule has 0 N–H and O–H groups in total. The van der Waals surface area contributed by atoms with Crippen LogP contribution in [-0.4, -0.2) is 23.2 Å². The minimum absolute atomic E-state index is 0.195. The second kappa shape index (κ2) is 5.38. The van der Waals surface area contributed by atoms with Gasteiger partial charge in [-0.3, -0.25) is 20.2 Å². The van der Waals surface area contributed by atoms with Crippen LogP contribution in [-0.2, 0) is 9.84 Å². The number of aromatic nitrogens is 1. The topological polar surface area (TPSA) is 146 Å². The third-order valence-corrected chi connectivity index (χ3v) is 4.70. The number of non-ortho nitro benzene ring substituents is 1. The molecule has 1 heterocycles. The fourth-order valence-corrected chi connectivity index (χ4v) is 3.31. The number of hydrogen-bond acceptors (Lipinski definition) is 8. The number of benzene rings is 2. The van der Waals surface area contributed by atoms with E-state index in [2.05, 4.69) is 4.98 Å². The van der Waals surface area contributed by atoms with Crippen molar-refractivity contribution in [2.45, 2.75) is 10.1 Å². The van der Waals surface area contributed by atoms with Gasteiger partial charge in [-0.15, -0.1) is 0 Å². The monoisotopic (exact) mass is 349 g/mol. The maximum Gasteiger partial charge on any atom is 0.321 e. The molecule has 0 amide bonds. The molecule has 24 heavy (non-hydrogen) atoms. The minimum Gasteiger partial charge on any atom is -0.428 e. The van der Waals surface area contributed by atoms with Gasteiger partial charge in [0.15, 0.2) is 10.5 Å². The van der Waals surface area contributed by atoms with Crippen LogP contribution >= 0.6 is 0 Å². The highest BCUT2D eigenvalue weighted by Crippen LogP contribution is 2.33. The zero-order chi connectivity index (χ0) is 17.5. The lowest BCUT2D eigenvalue weighted by Crippen LogP contribution is -2.06. The van der Waals surface area contributed by atoms with E-state index in [4.69, 9.17) is 4.42 Å². The number of sulfone groups is 1. The SMILES string of the molecule is O=[N+]([O-])c1ccc(S(=O)(=O)c2nc3ccccc3o2)c([N+](=O)[O-])c1. The largest absolute Gasteiger partial charge is 0.428 e. The van der Waals surface area contributed by atoms with E-state index >= 15 is 0 Å². The van der Waals surface area contributed by atoms with Gasteiger partial charge in [0, 0.05) is 6.07 Å². The summed E-state index contributed by atoms with van der Waals surface area (Å²) >= 11 is 0. The predicted octanol–water partition coefficient (Wildman–Crippen LogP) is 2.48. The summed E-state index contributed by atoms with van der Waals surface area (Å²) in [6.45, 7) is 0. The Bertz CT molecular complexity index is 1050. The van der Waals surface area contributed by atoms with Crippen LogP contribution in [0.25, 0.3) is 11.1 Å². The highest BCUT2D eigenvalue weighted by Gasteiger charge is 2.33. The van der Waals surface area contributed by atoms with Crippen molar-refractivity contribution in [3.63, 3.8) is 0 Å². The highest BCUT2D eigenvalue weighted by atomic mass is 32.2. The Labute approximate surface area is 133 Å². The molecule has 0 saturated heterocycles. The minimum atomic E-state index is -4.46. The molecule has 0 bridgehead atoms. The second-order valence-electron chi connectivity index (χ2n) is 4.62. The van der Waals surface area contributed by atoms with Gasteiger partial charge in [-0.2, -0.15) is 4.98 Å². The number of nitro groups is 2. The summed E-state index contributed by atoms with van der Waals surface area (Å²) < 4.78 is 30.3. The molecule has 0 atom stereocenters. The third kappa shape index (κ3) is 2.46. The van der Waals surface area contributed by atoms with Crippen molar-refractivity contribution >= 4 is 32.3 Å². The standard InChI is InChI=1S/C13H7N3O7S/c17-15(18)8-5-6-12(10(7-8)16(19)20)24(21,22)13-14-9-3-1-2-4-11(9)23-13/h1-7H. The van der Waals surface area contributed by atoms with E-state index < -0.39 is 41.2 Å². The lowest BCUT2D eigenvalue weighted by atomic mass is 10.3. The van der Waals surface area contributed by atoms with Gasteiger partial charge < -0.3 is 4.42 Å². The fourth-order valence-electron chi connectivity index (χ4n) is 2.05. The Balaban J connectivity index is 2.22. The van der Waals surface area contributed by atoms with E-state index in [1.165, 1.54) is 12.1 Å². The van der Waals surface area contributed by atoms with E-state index in [0.29, 0.717) is 6.07 Å². The zero-order valence-electron chi connectivity index (χ0n) is 11.6. The van der Waals surface area contributed by atoms with Crippen LogP contribution in [0.1, 0.15) is 0 Å². The smallest absolute Gasteiger partial charge is 0.321 e. The fraction of sp³-hybridized carbons (Fsp3) is 0. The van der Waals surface area contributed by atoms with Crippen LogP contribution in [0.15, 0.2) is 57.0 Å². The molecule has 3 aromatic rings.